The van der Waals surface area contributed by atoms with Gasteiger partial charge in [0.2, 0.25) is 5.91 Å². The molecule has 0 aliphatic carbocycles. The van der Waals surface area contributed by atoms with Crippen LogP contribution in [0.1, 0.15) is 31.2 Å². The van der Waals surface area contributed by atoms with E-state index in [9.17, 15) is 26.4 Å². The third-order valence-corrected chi connectivity index (χ3v) is 6.74. The van der Waals surface area contributed by atoms with Crippen molar-refractivity contribution in [2.75, 3.05) is 11.9 Å². The Balaban J connectivity index is 1.56. The van der Waals surface area contributed by atoms with Gasteiger partial charge in [-0.2, -0.15) is 13.2 Å². The summed E-state index contributed by atoms with van der Waals surface area (Å²) in [5.41, 5.74) is -3.40. The van der Waals surface area contributed by atoms with Gasteiger partial charge in [0.25, 0.3) is 10.0 Å². The molecule has 0 spiro atoms. The smallest absolute Gasteiger partial charge is 0.323 e. The molecule has 2 aromatic rings. The Labute approximate surface area is 194 Å². The number of hydrogen-bond acceptors (Lipinski definition) is 5. The molecule has 1 heterocycles. The molecule has 1 aliphatic rings. The summed E-state index contributed by atoms with van der Waals surface area (Å²) in [6.45, 7) is 0.604. The van der Waals surface area contributed by atoms with Gasteiger partial charge >= 0.3 is 5.51 Å². The maximum absolute atomic E-state index is 12.6. The van der Waals surface area contributed by atoms with Gasteiger partial charge < -0.3 is 5.32 Å². The molecule has 176 valence electrons. The normalized spacial score (nSPS) is 15.1. The number of amides is 1. The fourth-order valence-corrected chi connectivity index (χ4v) is 4.65. The zero-order valence-electron chi connectivity index (χ0n) is 17.4. The van der Waals surface area contributed by atoms with Gasteiger partial charge in [-0.15, -0.1) is 0 Å². The Morgan fingerprint density at radius 3 is 2.36 bits per heavy atom. The number of benzene rings is 2. The summed E-state index contributed by atoms with van der Waals surface area (Å²) in [5, 5.41) is 2.61. The highest BCUT2D eigenvalue weighted by Gasteiger charge is 2.28. The molecule has 1 aliphatic heterocycles. The number of rotatable bonds is 6. The van der Waals surface area contributed by atoms with Gasteiger partial charge in [-0.25, -0.2) is 8.42 Å². The molecule has 3 rings (SSSR count). The van der Waals surface area contributed by atoms with Crippen LogP contribution in [0.4, 0.5) is 18.9 Å². The van der Waals surface area contributed by atoms with E-state index in [-0.39, 0.29) is 21.6 Å². The van der Waals surface area contributed by atoms with E-state index in [1.807, 2.05) is 0 Å². The van der Waals surface area contributed by atoms with E-state index in [1.165, 1.54) is 60.7 Å². The van der Waals surface area contributed by atoms with Gasteiger partial charge in [0.05, 0.1) is 4.90 Å². The van der Waals surface area contributed by atoms with Crippen LogP contribution in [0.3, 0.4) is 0 Å². The van der Waals surface area contributed by atoms with Gasteiger partial charge in [-0.05, 0) is 72.6 Å². The number of thioether (sulfide) groups is 1. The summed E-state index contributed by atoms with van der Waals surface area (Å²) in [5.74, 6) is -0.00895. The number of alkyl halides is 3. The van der Waals surface area contributed by atoms with Crippen molar-refractivity contribution in [2.24, 2.45) is 4.99 Å². The zero-order valence-corrected chi connectivity index (χ0v) is 19.1. The van der Waals surface area contributed by atoms with Crippen molar-refractivity contribution in [2.45, 2.75) is 41.0 Å². The number of anilines is 1. The van der Waals surface area contributed by atoms with Crippen LogP contribution in [-0.2, 0) is 14.8 Å². The maximum Gasteiger partial charge on any atom is 0.446 e. The van der Waals surface area contributed by atoms with Crippen LogP contribution >= 0.6 is 11.8 Å². The summed E-state index contributed by atoms with van der Waals surface area (Å²) >= 11 is -0.208. The summed E-state index contributed by atoms with van der Waals surface area (Å²) in [7, 11) is -3.76. The molecule has 33 heavy (non-hydrogen) atoms. The van der Waals surface area contributed by atoms with Gasteiger partial charge in [-0.1, -0.05) is 18.6 Å². The molecule has 0 saturated carbocycles. The number of nitrogens with zero attached hydrogens (tertiary/aromatic N) is 1. The van der Waals surface area contributed by atoms with E-state index in [1.54, 1.807) is 0 Å². The Hall–Kier alpha value is -2.79. The molecule has 6 nitrogen and oxygen atoms in total. The van der Waals surface area contributed by atoms with Crippen LogP contribution in [0.15, 0.2) is 69.4 Å². The molecule has 2 aromatic carbocycles. The molecule has 0 atom stereocenters. The van der Waals surface area contributed by atoms with E-state index in [4.69, 9.17) is 0 Å². The average molecular weight is 498 g/mol. The third-order valence-electron chi connectivity index (χ3n) is 4.60. The summed E-state index contributed by atoms with van der Waals surface area (Å²) in [4.78, 5) is 16.5. The minimum absolute atomic E-state index is 0.0553. The van der Waals surface area contributed by atoms with E-state index in [0.717, 1.165) is 19.3 Å². The van der Waals surface area contributed by atoms with Crippen LogP contribution < -0.4 is 10.0 Å². The molecule has 0 saturated heterocycles. The van der Waals surface area contributed by atoms with Crippen molar-refractivity contribution in [3.8, 4) is 0 Å². The van der Waals surface area contributed by atoms with Crippen LogP contribution in [0, 0.1) is 0 Å². The standard InChI is InChI=1S/C22H22F3N3O3S2/c23-22(24,25)32-18-10-5-16(6-11-18)7-14-21(29)27-17-8-12-19(13-9-17)33(30,31)28-20-4-2-1-3-15-26-20/h5-14H,1-4,15H2,(H,26,28)(H,27,29)/b14-7+. The molecular formula is C22H22F3N3O3S2. The maximum atomic E-state index is 12.6. The minimum Gasteiger partial charge on any atom is -0.323 e. The van der Waals surface area contributed by atoms with Crippen molar-refractivity contribution < 1.29 is 26.4 Å². The Morgan fingerprint density at radius 2 is 1.70 bits per heavy atom. The van der Waals surface area contributed by atoms with Crippen molar-refractivity contribution in [3.05, 3.63) is 60.2 Å². The first-order chi connectivity index (χ1) is 15.6. The summed E-state index contributed by atoms with van der Waals surface area (Å²) < 4.78 is 64.7. The number of amidine groups is 1. The highest BCUT2D eigenvalue weighted by molar-refractivity contribution is 8.00. The van der Waals surface area contributed by atoms with Crippen LogP contribution in [0.25, 0.3) is 6.08 Å². The molecule has 0 aromatic heterocycles. The second-order valence-corrected chi connectivity index (χ2v) is 10.0. The van der Waals surface area contributed by atoms with Crippen molar-refractivity contribution in [3.63, 3.8) is 0 Å². The van der Waals surface area contributed by atoms with Gasteiger partial charge in [0, 0.05) is 29.6 Å². The fourth-order valence-electron chi connectivity index (χ4n) is 3.03. The summed E-state index contributed by atoms with van der Waals surface area (Å²) in [6.07, 6.45) is 6.13. The Bertz CT molecular complexity index is 1130. The summed E-state index contributed by atoms with van der Waals surface area (Å²) in [6, 6.07) is 11.3. The number of carbonyl (C=O) groups is 1. The van der Waals surface area contributed by atoms with E-state index in [2.05, 4.69) is 15.0 Å². The average Bonchev–Trinajstić information content (AvgIpc) is 3.01. The highest BCUT2D eigenvalue weighted by atomic mass is 32.2. The van der Waals surface area contributed by atoms with Crippen LogP contribution in [0.5, 0.6) is 0 Å². The lowest BCUT2D eigenvalue weighted by atomic mass is 10.2. The Kier molecular flexibility index (Phi) is 8.20. The number of carbonyl (C=O) groups excluding carboxylic acids is 1. The number of hydrogen-bond donors (Lipinski definition) is 2. The molecule has 0 bridgehead atoms. The minimum atomic E-state index is -4.36. The number of halogens is 3. The monoisotopic (exact) mass is 497 g/mol. The van der Waals surface area contributed by atoms with E-state index in [0.29, 0.717) is 30.1 Å². The second kappa shape index (κ2) is 10.9. The van der Waals surface area contributed by atoms with Gasteiger partial charge in [-0.3, -0.25) is 14.5 Å². The Morgan fingerprint density at radius 1 is 1.00 bits per heavy atom. The first-order valence-corrected chi connectivity index (χ1v) is 12.4. The largest absolute Gasteiger partial charge is 0.446 e. The lowest BCUT2D eigenvalue weighted by Crippen LogP contribution is -2.30. The SMILES string of the molecule is O=C(/C=C/c1ccc(SC(F)(F)F)cc1)Nc1ccc(S(=O)(=O)NC2=NCCCCC2)cc1. The third kappa shape index (κ3) is 8.25. The van der Waals surface area contributed by atoms with Crippen molar-refractivity contribution >= 4 is 45.3 Å². The van der Waals surface area contributed by atoms with E-state index < -0.39 is 21.4 Å². The quantitative estimate of drug-likeness (QED) is 0.424. The van der Waals surface area contributed by atoms with Gasteiger partial charge in [0.15, 0.2) is 0 Å². The number of sulfonamides is 1. The van der Waals surface area contributed by atoms with Crippen molar-refractivity contribution in [1.82, 2.24) is 4.72 Å². The predicted octanol–water partition coefficient (Wildman–Crippen LogP) is 5.20. The lowest BCUT2D eigenvalue weighted by molar-refractivity contribution is -0.111. The topological polar surface area (TPSA) is 87.6 Å². The molecule has 0 fully saturated rings. The molecule has 0 radical (unpaired) electrons. The van der Waals surface area contributed by atoms with E-state index >= 15 is 0 Å². The first kappa shape index (κ1) is 24.8. The number of aliphatic imine (C=N–C) groups is 1. The van der Waals surface area contributed by atoms with Crippen LogP contribution in [0.2, 0.25) is 0 Å². The molecule has 0 unspecified atom stereocenters. The molecule has 11 heteroatoms. The van der Waals surface area contributed by atoms with Crippen LogP contribution in [-0.4, -0.2) is 32.2 Å². The predicted molar refractivity (Wildman–Crippen MR) is 124 cm³/mol. The fraction of sp³-hybridized carbons (Fsp3) is 0.273. The van der Waals surface area contributed by atoms with Gasteiger partial charge in [0.1, 0.15) is 5.84 Å². The molecule has 1 amide bonds. The first-order valence-electron chi connectivity index (χ1n) is 10.1. The zero-order chi connectivity index (χ0) is 23.9. The number of nitrogens with one attached hydrogen (secondary N) is 2. The molecule has 2 N–H and O–H groups in total. The molecular weight excluding hydrogens is 475 g/mol. The highest BCUT2D eigenvalue weighted by Crippen LogP contribution is 2.36. The lowest BCUT2D eigenvalue weighted by Gasteiger charge is -2.10. The second-order valence-electron chi connectivity index (χ2n) is 7.21. The van der Waals surface area contributed by atoms with Crippen molar-refractivity contribution in [1.29, 1.82) is 0 Å².